The van der Waals surface area contributed by atoms with Crippen LogP contribution in [0.1, 0.15) is 44.8 Å². The summed E-state index contributed by atoms with van der Waals surface area (Å²) in [6.45, 7) is 2.62. The summed E-state index contributed by atoms with van der Waals surface area (Å²) in [4.78, 5) is 16.1. The third-order valence-electron chi connectivity index (χ3n) is 4.48. The SMILES string of the molecule is COc1ccc(C)cc1CN(C)C(=O)c1csc2c1CCCC2. The molecule has 1 aliphatic carbocycles. The molecule has 1 heterocycles. The van der Waals surface area contributed by atoms with E-state index in [1.807, 2.05) is 24.6 Å². The Morgan fingerprint density at radius 2 is 2.09 bits per heavy atom. The second kappa shape index (κ2) is 6.75. The maximum absolute atomic E-state index is 12.9. The fourth-order valence-electron chi connectivity index (χ4n) is 3.24. The molecule has 0 saturated heterocycles. The van der Waals surface area contributed by atoms with Crippen molar-refractivity contribution in [2.45, 2.75) is 39.2 Å². The van der Waals surface area contributed by atoms with Gasteiger partial charge in [0.1, 0.15) is 5.75 Å². The lowest BCUT2D eigenvalue weighted by molar-refractivity contribution is 0.0783. The zero-order valence-electron chi connectivity index (χ0n) is 14.0. The van der Waals surface area contributed by atoms with Gasteiger partial charge in [-0.25, -0.2) is 0 Å². The van der Waals surface area contributed by atoms with Gasteiger partial charge in [0.2, 0.25) is 0 Å². The molecule has 1 aromatic heterocycles. The Balaban J connectivity index is 1.81. The highest BCUT2D eigenvalue weighted by Gasteiger charge is 2.22. The monoisotopic (exact) mass is 329 g/mol. The molecule has 4 heteroatoms. The van der Waals surface area contributed by atoms with Gasteiger partial charge < -0.3 is 9.64 Å². The Hall–Kier alpha value is -1.81. The first kappa shape index (κ1) is 16.1. The number of nitrogens with zero attached hydrogens (tertiary/aromatic N) is 1. The highest BCUT2D eigenvalue weighted by molar-refractivity contribution is 7.10. The molecule has 122 valence electrons. The minimum Gasteiger partial charge on any atom is -0.496 e. The first-order chi connectivity index (χ1) is 11.1. The highest BCUT2D eigenvalue weighted by atomic mass is 32.1. The van der Waals surface area contributed by atoms with Crippen molar-refractivity contribution in [3.05, 3.63) is 50.7 Å². The molecule has 0 spiro atoms. The van der Waals surface area contributed by atoms with Crippen molar-refractivity contribution in [2.24, 2.45) is 0 Å². The van der Waals surface area contributed by atoms with Gasteiger partial charge in [-0.2, -0.15) is 0 Å². The molecular weight excluding hydrogens is 306 g/mol. The Morgan fingerprint density at radius 1 is 1.30 bits per heavy atom. The Bertz CT molecular complexity index is 720. The standard InChI is InChI=1S/C19H23NO2S/c1-13-8-9-17(22-3)14(10-13)11-20(2)19(21)16-12-23-18-7-5-4-6-15(16)18/h8-10,12H,4-7,11H2,1-3H3. The summed E-state index contributed by atoms with van der Waals surface area (Å²) in [5.41, 5.74) is 4.41. The van der Waals surface area contributed by atoms with Crippen LogP contribution in [0.2, 0.25) is 0 Å². The van der Waals surface area contributed by atoms with Crippen LogP contribution in [0.5, 0.6) is 5.75 Å². The number of methoxy groups -OCH3 is 1. The number of ether oxygens (including phenoxy) is 1. The number of hydrogen-bond acceptors (Lipinski definition) is 3. The van der Waals surface area contributed by atoms with E-state index in [-0.39, 0.29) is 5.91 Å². The predicted octanol–water partition coefficient (Wildman–Crippen LogP) is 4.22. The second-order valence-electron chi connectivity index (χ2n) is 6.23. The molecule has 0 bridgehead atoms. The summed E-state index contributed by atoms with van der Waals surface area (Å²) in [5.74, 6) is 0.954. The zero-order chi connectivity index (χ0) is 16.4. The highest BCUT2D eigenvalue weighted by Crippen LogP contribution is 2.31. The van der Waals surface area contributed by atoms with Crippen LogP contribution in [0, 0.1) is 6.92 Å². The minimum absolute atomic E-state index is 0.118. The average molecular weight is 329 g/mol. The van der Waals surface area contributed by atoms with E-state index in [4.69, 9.17) is 4.74 Å². The molecule has 1 aliphatic rings. The lowest BCUT2D eigenvalue weighted by Gasteiger charge is -2.20. The molecule has 0 fully saturated rings. The van der Waals surface area contributed by atoms with Gasteiger partial charge in [-0.3, -0.25) is 4.79 Å². The van der Waals surface area contributed by atoms with Gasteiger partial charge in [0.25, 0.3) is 5.91 Å². The van der Waals surface area contributed by atoms with E-state index in [0.717, 1.165) is 29.7 Å². The number of carbonyl (C=O) groups excluding carboxylic acids is 1. The summed E-state index contributed by atoms with van der Waals surface area (Å²) >= 11 is 1.74. The molecule has 3 nitrogen and oxygen atoms in total. The van der Waals surface area contributed by atoms with Crippen LogP contribution in [-0.4, -0.2) is 25.0 Å². The number of rotatable bonds is 4. The molecule has 2 aromatic rings. The molecular formula is C19H23NO2S. The van der Waals surface area contributed by atoms with E-state index in [2.05, 4.69) is 13.0 Å². The van der Waals surface area contributed by atoms with Gasteiger partial charge >= 0.3 is 0 Å². The molecule has 0 radical (unpaired) electrons. The van der Waals surface area contributed by atoms with Crippen molar-refractivity contribution in [1.82, 2.24) is 4.90 Å². The van der Waals surface area contributed by atoms with Gasteiger partial charge in [0.05, 0.1) is 12.7 Å². The molecule has 0 N–H and O–H groups in total. The van der Waals surface area contributed by atoms with Crippen molar-refractivity contribution < 1.29 is 9.53 Å². The van der Waals surface area contributed by atoms with Crippen LogP contribution in [0.25, 0.3) is 0 Å². The van der Waals surface area contributed by atoms with Gasteiger partial charge in [-0.15, -0.1) is 11.3 Å². The fourth-order valence-corrected chi connectivity index (χ4v) is 4.36. The largest absolute Gasteiger partial charge is 0.496 e. The molecule has 0 saturated carbocycles. The maximum Gasteiger partial charge on any atom is 0.255 e. The summed E-state index contributed by atoms with van der Waals surface area (Å²) in [7, 11) is 3.54. The molecule has 0 aliphatic heterocycles. The van der Waals surface area contributed by atoms with Crippen LogP contribution in [-0.2, 0) is 19.4 Å². The number of benzene rings is 1. The van der Waals surface area contributed by atoms with Crippen LogP contribution >= 0.6 is 11.3 Å². The van der Waals surface area contributed by atoms with E-state index in [9.17, 15) is 4.79 Å². The lowest BCUT2D eigenvalue weighted by Crippen LogP contribution is -2.27. The van der Waals surface area contributed by atoms with Crippen molar-refractivity contribution >= 4 is 17.2 Å². The van der Waals surface area contributed by atoms with Gasteiger partial charge in [-0.05, 0) is 44.2 Å². The van der Waals surface area contributed by atoms with Crippen molar-refractivity contribution in [2.75, 3.05) is 14.2 Å². The molecule has 3 rings (SSSR count). The van der Waals surface area contributed by atoms with Gasteiger partial charge in [-0.1, -0.05) is 17.7 Å². The summed E-state index contributed by atoms with van der Waals surface area (Å²) in [6, 6.07) is 6.08. The Labute approximate surface area is 141 Å². The van der Waals surface area contributed by atoms with Gasteiger partial charge in [0, 0.05) is 29.4 Å². The van der Waals surface area contributed by atoms with Crippen LogP contribution in [0.4, 0.5) is 0 Å². The quantitative estimate of drug-likeness (QED) is 0.840. The molecule has 0 unspecified atom stereocenters. The zero-order valence-corrected chi connectivity index (χ0v) is 14.8. The summed E-state index contributed by atoms with van der Waals surface area (Å²) in [6.07, 6.45) is 4.61. The Kier molecular flexibility index (Phi) is 4.71. The van der Waals surface area contributed by atoms with Crippen LogP contribution < -0.4 is 4.74 Å². The van der Waals surface area contributed by atoms with Crippen molar-refractivity contribution in [3.8, 4) is 5.75 Å². The molecule has 0 atom stereocenters. The third-order valence-corrected chi connectivity index (χ3v) is 5.57. The summed E-state index contributed by atoms with van der Waals surface area (Å²) < 4.78 is 5.43. The van der Waals surface area contributed by atoms with E-state index < -0.39 is 0 Å². The lowest BCUT2D eigenvalue weighted by atomic mass is 9.95. The average Bonchev–Trinajstić information content (AvgIpc) is 2.98. The topological polar surface area (TPSA) is 29.5 Å². The summed E-state index contributed by atoms with van der Waals surface area (Å²) in [5, 5.41) is 2.04. The second-order valence-corrected chi connectivity index (χ2v) is 7.20. The number of aryl methyl sites for hydroxylation is 2. The smallest absolute Gasteiger partial charge is 0.255 e. The van der Waals surface area contributed by atoms with E-state index in [1.165, 1.54) is 28.8 Å². The predicted molar refractivity (Wildman–Crippen MR) is 94.5 cm³/mol. The molecule has 23 heavy (non-hydrogen) atoms. The maximum atomic E-state index is 12.9. The van der Waals surface area contributed by atoms with Crippen molar-refractivity contribution in [1.29, 1.82) is 0 Å². The van der Waals surface area contributed by atoms with Gasteiger partial charge in [0.15, 0.2) is 0 Å². The van der Waals surface area contributed by atoms with Crippen LogP contribution in [0.3, 0.4) is 0 Å². The molecule has 1 aromatic carbocycles. The number of carbonyl (C=O) groups is 1. The third kappa shape index (κ3) is 3.27. The van der Waals surface area contributed by atoms with E-state index >= 15 is 0 Å². The number of hydrogen-bond donors (Lipinski definition) is 0. The number of fused-ring (bicyclic) bond motifs is 1. The fraction of sp³-hybridized carbons (Fsp3) is 0.421. The minimum atomic E-state index is 0.118. The molecule has 1 amide bonds. The van der Waals surface area contributed by atoms with Crippen LogP contribution in [0.15, 0.2) is 23.6 Å². The van der Waals surface area contributed by atoms with E-state index in [0.29, 0.717) is 6.54 Å². The number of thiophene rings is 1. The first-order valence-electron chi connectivity index (χ1n) is 8.08. The van der Waals surface area contributed by atoms with Crippen molar-refractivity contribution in [3.63, 3.8) is 0 Å². The van der Waals surface area contributed by atoms with E-state index in [1.54, 1.807) is 23.3 Å². The normalized spacial score (nSPS) is 13.5. The number of amides is 1. The first-order valence-corrected chi connectivity index (χ1v) is 8.96. The Morgan fingerprint density at radius 3 is 2.87 bits per heavy atom.